The molecule has 0 aromatic carbocycles. The molecule has 1 rings (SSSR count). The van der Waals surface area contributed by atoms with Crippen molar-refractivity contribution in [3.63, 3.8) is 0 Å². The quantitative estimate of drug-likeness (QED) is 0.322. The van der Waals surface area contributed by atoms with Gasteiger partial charge < -0.3 is 0 Å². The summed E-state index contributed by atoms with van der Waals surface area (Å²) in [5.41, 5.74) is 0.694. The summed E-state index contributed by atoms with van der Waals surface area (Å²) in [6, 6.07) is 0. The van der Waals surface area contributed by atoms with Gasteiger partial charge in [-0.2, -0.15) is 0 Å². The van der Waals surface area contributed by atoms with Crippen molar-refractivity contribution in [2.75, 3.05) is 0 Å². The lowest BCUT2D eigenvalue weighted by atomic mass is 9.97. The molecule has 0 spiro atoms. The van der Waals surface area contributed by atoms with Crippen LogP contribution in [-0.4, -0.2) is 11.6 Å². The van der Waals surface area contributed by atoms with Crippen LogP contribution in [0, 0.1) is 0 Å². The second kappa shape index (κ2) is 12.4. The molecule has 0 amide bonds. The van der Waals surface area contributed by atoms with Crippen LogP contribution in [0.1, 0.15) is 90.4 Å². The smallest absolute Gasteiger partial charge is 0.182 e. The number of hydrogen-bond acceptors (Lipinski definition) is 2. The van der Waals surface area contributed by atoms with E-state index in [0.717, 1.165) is 12.8 Å². The third-order valence-electron chi connectivity index (χ3n) is 4.33. The largest absolute Gasteiger partial charge is 0.290 e. The molecule has 0 heterocycles. The minimum atomic E-state index is -0.0477. The predicted molar refractivity (Wildman–Crippen MR) is 92.9 cm³/mol. The fourth-order valence-corrected chi connectivity index (χ4v) is 2.91. The van der Waals surface area contributed by atoms with Gasteiger partial charge in [-0.25, -0.2) is 0 Å². The van der Waals surface area contributed by atoms with E-state index >= 15 is 0 Å². The van der Waals surface area contributed by atoms with Crippen LogP contribution in [0.3, 0.4) is 0 Å². The minimum Gasteiger partial charge on any atom is -0.290 e. The number of hydrogen-bond donors (Lipinski definition) is 0. The van der Waals surface area contributed by atoms with Gasteiger partial charge in [-0.15, -0.1) is 0 Å². The van der Waals surface area contributed by atoms with E-state index in [1.165, 1.54) is 88.9 Å². The van der Waals surface area contributed by atoms with Crippen molar-refractivity contribution in [1.82, 2.24) is 0 Å². The summed E-state index contributed by atoms with van der Waals surface area (Å²) in [5, 5.41) is 0. The van der Waals surface area contributed by atoms with Gasteiger partial charge in [0.05, 0.1) is 0 Å². The summed E-state index contributed by atoms with van der Waals surface area (Å²) in [6.45, 7) is 2.26. The molecule has 0 radical (unpaired) electrons. The van der Waals surface area contributed by atoms with Gasteiger partial charge in [0.1, 0.15) is 0 Å². The highest BCUT2D eigenvalue weighted by Gasteiger charge is 2.12. The van der Waals surface area contributed by atoms with E-state index in [0.29, 0.717) is 5.57 Å². The fraction of sp³-hybridized carbons (Fsp3) is 0.700. The summed E-state index contributed by atoms with van der Waals surface area (Å²) >= 11 is 0. The van der Waals surface area contributed by atoms with Crippen molar-refractivity contribution in [3.8, 4) is 0 Å². The van der Waals surface area contributed by atoms with E-state index < -0.39 is 0 Å². The van der Waals surface area contributed by atoms with Crippen LogP contribution in [0.25, 0.3) is 0 Å². The first-order valence-electron chi connectivity index (χ1n) is 9.21. The molecule has 0 aliphatic heterocycles. The zero-order valence-electron chi connectivity index (χ0n) is 14.2. The van der Waals surface area contributed by atoms with Gasteiger partial charge in [0, 0.05) is 5.57 Å². The molecule has 0 unspecified atom stereocenters. The summed E-state index contributed by atoms with van der Waals surface area (Å²) in [4.78, 5) is 22.8. The lowest BCUT2D eigenvalue weighted by Crippen LogP contribution is -2.07. The maximum absolute atomic E-state index is 11.6. The molecule has 22 heavy (non-hydrogen) atoms. The lowest BCUT2D eigenvalue weighted by Gasteiger charge is -2.06. The van der Waals surface area contributed by atoms with Crippen molar-refractivity contribution in [2.45, 2.75) is 90.4 Å². The number of rotatable bonds is 13. The molecule has 0 N–H and O–H groups in total. The van der Waals surface area contributed by atoms with E-state index in [1.54, 1.807) is 0 Å². The van der Waals surface area contributed by atoms with Crippen LogP contribution in [0.5, 0.6) is 0 Å². The van der Waals surface area contributed by atoms with Crippen LogP contribution >= 0.6 is 0 Å². The SMILES string of the molecule is CCCCCCCCCCCCCCC1=CC(=O)C=CC1=O. The topological polar surface area (TPSA) is 34.1 Å². The Kier molecular flexibility index (Phi) is 10.6. The molecule has 2 heteroatoms. The molecule has 1 aliphatic carbocycles. The minimum absolute atomic E-state index is 0.0164. The fourth-order valence-electron chi connectivity index (χ4n) is 2.91. The van der Waals surface area contributed by atoms with Gasteiger partial charge in [-0.1, -0.05) is 77.6 Å². The summed E-state index contributed by atoms with van der Waals surface area (Å²) in [5.74, 6) is -0.0313. The van der Waals surface area contributed by atoms with Gasteiger partial charge in [0.25, 0.3) is 0 Å². The summed E-state index contributed by atoms with van der Waals surface area (Å²) in [7, 11) is 0. The molecule has 0 saturated heterocycles. The molecular formula is C20H32O2. The monoisotopic (exact) mass is 304 g/mol. The normalized spacial score (nSPS) is 14.5. The van der Waals surface area contributed by atoms with E-state index in [1.807, 2.05) is 0 Å². The molecule has 0 atom stereocenters. The third kappa shape index (κ3) is 8.96. The van der Waals surface area contributed by atoms with Gasteiger partial charge in [-0.05, 0) is 31.1 Å². The third-order valence-corrected chi connectivity index (χ3v) is 4.33. The Labute approximate surface area is 136 Å². The molecule has 1 aliphatic rings. The van der Waals surface area contributed by atoms with E-state index in [-0.39, 0.29) is 11.6 Å². The van der Waals surface area contributed by atoms with E-state index in [2.05, 4.69) is 6.92 Å². The van der Waals surface area contributed by atoms with Crippen molar-refractivity contribution in [2.24, 2.45) is 0 Å². The number of carbonyl (C=O) groups is 2. The number of carbonyl (C=O) groups excluding carboxylic acids is 2. The Morgan fingerprint density at radius 1 is 0.682 bits per heavy atom. The molecule has 0 bridgehead atoms. The maximum atomic E-state index is 11.6. The second-order valence-corrected chi connectivity index (χ2v) is 6.41. The number of unbranched alkanes of at least 4 members (excludes halogenated alkanes) is 11. The lowest BCUT2D eigenvalue weighted by molar-refractivity contribution is -0.114. The van der Waals surface area contributed by atoms with Crippen molar-refractivity contribution >= 4 is 11.6 Å². The van der Waals surface area contributed by atoms with Gasteiger partial charge in [0.2, 0.25) is 0 Å². The average Bonchev–Trinajstić information content (AvgIpc) is 2.51. The van der Waals surface area contributed by atoms with Crippen LogP contribution in [-0.2, 0) is 9.59 Å². The summed E-state index contributed by atoms with van der Waals surface area (Å²) < 4.78 is 0. The Hall–Kier alpha value is -1.18. The van der Waals surface area contributed by atoms with E-state index in [4.69, 9.17) is 0 Å². The van der Waals surface area contributed by atoms with Crippen LogP contribution in [0.2, 0.25) is 0 Å². The molecule has 124 valence electrons. The Balaban J connectivity index is 1.88. The highest BCUT2D eigenvalue weighted by Crippen LogP contribution is 2.16. The molecule has 0 aromatic heterocycles. The van der Waals surface area contributed by atoms with Gasteiger partial charge >= 0.3 is 0 Å². The maximum Gasteiger partial charge on any atom is 0.182 e. The zero-order valence-corrected chi connectivity index (χ0v) is 14.2. The first-order chi connectivity index (χ1) is 10.7. The van der Waals surface area contributed by atoms with Crippen molar-refractivity contribution in [3.05, 3.63) is 23.8 Å². The zero-order chi connectivity index (χ0) is 16.0. The predicted octanol–water partition coefficient (Wildman–Crippen LogP) is 5.71. The Morgan fingerprint density at radius 2 is 1.18 bits per heavy atom. The van der Waals surface area contributed by atoms with Crippen LogP contribution in [0.15, 0.2) is 23.8 Å². The highest BCUT2D eigenvalue weighted by atomic mass is 16.1. The second-order valence-electron chi connectivity index (χ2n) is 6.41. The van der Waals surface area contributed by atoms with Crippen molar-refractivity contribution < 1.29 is 9.59 Å². The Bertz CT molecular complexity index is 391. The molecule has 0 fully saturated rings. The van der Waals surface area contributed by atoms with Gasteiger partial charge in [0.15, 0.2) is 11.6 Å². The number of ketones is 2. The van der Waals surface area contributed by atoms with E-state index in [9.17, 15) is 9.59 Å². The first kappa shape index (κ1) is 18.9. The molecule has 2 nitrogen and oxygen atoms in total. The van der Waals surface area contributed by atoms with Crippen molar-refractivity contribution in [1.29, 1.82) is 0 Å². The molecule has 0 saturated carbocycles. The Morgan fingerprint density at radius 3 is 1.73 bits per heavy atom. The van der Waals surface area contributed by atoms with Gasteiger partial charge in [-0.3, -0.25) is 9.59 Å². The summed E-state index contributed by atoms with van der Waals surface area (Å²) in [6.07, 6.45) is 20.8. The molecule has 0 aromatic rings. The first-order valence-corrected chi connectivity index (χ1v) is 9.21. The van der Waals surface area contributed by atoms with Crippen LogP contribution in [0.4, 0.5) is 0 Å². The van der Waals surface area contributed by atoms with Crippen LogP contribution < -0.4 is 0 Å². The average molecular weight is 304 g/mol. The number of allylic oxidation sites excluding steroid dienone is 4. The highest BCUT2D eigenvalue weighted by molar-refractivity contribution is 6.17. The molecular weight excluding hydrogens is 272 g/mol. The standard InChI is InChI=1S/C20H32O2/c1-2-3-4-5-6-7-8-9-10-11-12-13-14-18-17-19(21)15-16-20(18)22/h15-17H,2-14H2,1H3.